The third-order valence-electron chi connectivity index (χ3n) is 3.14. The molecule has 6 heteroatoms. The summed E-state index contributed by atoms with van der Waals surface area (Å²) in [5.41, 5.74) is 0.259. The fourth-order valence-electron chi connectivity index (χ4n) is 2.16. The Kier molecular flexibility index (Phi) is 4.42. The van der Waals surface area contributed by atoms with Gasteiger partial charge in [0.25, 0.3) is 11.5 Å². The smallest absolute Gasteiger partial charge is 0.254 e. The molecule has 1 amide bonds. The van der Waals surface area contributed by atoms with Crippen molar-refractivity contribution in [1.82, 2.24) is 9.47 Å². The van der Waals surface area contributed by atoms with Crippen molar-refractivity contribution >= 4 is 21.8 Å². The van der Waals surface area contributed by atoms with Gasteiger partial charge in [-0.3, -0.25) is 9.59 Å². The fraction of sp³-hybridized carbons (Fsp3) is 0.538. The second-order valence-electron chi connectivity index (χ2n) is 4.80. The zero-order valence-corrected chi connectivity index (χ0v) is 12.6. The highest BCUT2D eigenvalue weighted by atomic mass is 79.9. The van der Waals surface area contributed by atoms with Gasteiger partial charge in [-0.05, 0) is 13.0 Å². The molecule has 0 spiro atoms. The first-order valence-corrected chi connectivity index (χ1v) is 7.30. The van der Waals surface area contributed by atoms with Crippen molar-refractivity contribution in [3.8, 4) is 0 Å². The van der Waals surface area contributed by atoms with Crippen LogP contribution in [0.15, 0.2) is 23.1 Å². The van der Waals surface area contributed by atoms with E-state index in [4.69, 9.17) is 4.74 Å². The quantitative estimate of drug-likeness (QED) is 0.761. The summed E-state index contributed by atoms with van der Waals surface area (Å²) < 4.78 is 7.13. The summed E-state index contributed by atoms with van der Waals surface area (Å²) >= 11 is 3.38. The normalized spacial score (nSPS) is 23.4. The molecule has 1 saturated heterocycles. The number of nitrogens with zero attached hydrogens (tertiary/aromatic N) is 2. The Hall–Kier alpha value is -1.14. The molecule has 5 nitrogen and oxygen atoms in total. The molecule has 1 aromatic heterocycles. The van der Waals surface area contributed by atoms with Crippen LogP contribution in [-0.4, -0.2) is 46.0 Å². The number of halogens is 1. The number of rotatable bonds is 2. The maximum absolute atomic E-state index is 12.4. The van der Waals surface area contributed by atoms with Crippen LogP contribution in [0, 0.1) is 0 Å². The van der Waals surface area contributed by atoms with E-state index in [2.05, 4.69) is 15.9 Å². The highest BCUT2D eigenvalue weighted by Gasteiger charge is 2.28. The van der Waals surface area contributed by atoms with Crippen LogP contribution in [-0.2, 0) is 11.8 Å². The molecule has 1 aliphatic heterocycles. The summed E-state index contributed by atoms with van der Waals surface area (Å²) in [6, 6.07) is 3.05. The number of pyridine rings is 1. The molecule has 0 radical (unpaired) electrons. The number of carbonyl (C=O) groups excluding carboxylic acids is 1. The van der Waals surface area contributed by atoms with Crippen LogP contribution in [0.3, 0.4) is 0 Å². The number of alkyl halides is 1. The first kappa shape index (κ1) is 14.3. The van der Waals surface area contributed by atoms with Crippen LogP contribution < -0.4 is 5.56 Å². The van der Waals surface area contributed by atoms with Crippen LogP contribution in [0.4, 0.5) is 0 Å². The van der Waals surface area contributed by atoms with E-state index >= 15 is 0 Å². The first-order chi connectivity index (χ1) is 9.01. The molecular formula is C13H17BrN2O3. The lowest BCUT2D eigenvalue weighted by Crippen LogP contribution is -2.49. The van der Waals surface area contributed by atoms with Crippen molar-refractivity contribution in [2.24, 2.45) is 7.05 Å². The van der Waals surface area contributed by atoms with Crippen LogP contribution >= 0.6 is 15.9 Å². The Bertz CT molecular complexity index is 529. The molecule has 2 atom stereocenters. The SMILES string of the molecule is CC1CN(C(=O)c2ccn(C)c(=O)c2)CC(CBr)O1. The van der Waals surface area contributed by atoms with Crippen LogP contribution in [0.1, 0.15) is 17.3 Å². The summed E-state index contributed by atoms with van der Waals surface area (Å²) in [6.45, 7) is 3.04. The number of ether oxygens (including phenoxy) is 1. The van der Waals surface area contributed by atoms with Gasteiger partial charge in [0.05, 0.1) is 12.2 Å². The monoisotopic (exact) mass is 328 g/mol. The summed E-state index contributed by atoms with van der Waals surface area (Å²) in [6.07, 6.45) is 1.62. The van der Waals surface area contributed by atoms with Gasteiger partial charge in [-0.15, -0.1) is 0 Å². The highest BCUT2D eigenvalue weighted by molar-refractivity contribution is 9.09. The largest absolute Gasteiger partial charge is 0.371 e. The van der Waals surface area contributed by atoms with Crippen LogP contribution in [0.25, 0.3) is 0 Å². The van der Waals surface area contributed by atoms with Gasteiger partial charge < -0.3 is 14.2 Å². The molecule has 104 valence electrons. The number of hydrogen-bond acceptors (Lipinski definition) is 3. The van der Waals surface area contributed by atoms with Crippen molar-refractivity contribution in [3.63, 3.8) is 0 Å². The second kappa shape index (κ2) is 5.88. The summed E-state index contributed by atoms with van der Waals surface area (Å²) in [5, 5.41) is 0.692. The Labute approximate surface area is 120 Å². The minimum atomic E-state index is -0.177. The summed E-state index contributed by atoms with van der Waals surface area (Å²) in [5.74, 6) is -0.112. The van der Waals surface area contributed by atoms with Gasteiger partial charge in [0.15, 0.2) is 0 Å². The topological polar surface area (TPSA) is 51.5 Å². The van der Waals surface area contributed by atoms with E-state index in [0.717, 1.165) is 0 Å². The van der Waals surface area contributed by atoms with E-state index in [0.29, 0.717) is 24.0 Å². The Balaban J connectivity index is 2.18. The van der Waals surface area contributed by atoms with Crippen molar-refractivity contribution in [3.05, 3.63) is 34.2 Å². The Morgan fingerprint density at radius 3 is 2.89 bits per heavy atom. The van der Waals surface area contributed by atoms with Gasteiger partial charge in [0.1, 0.15) is 0 Å². The van der Waals surface area contributed by atoms with E-state index < -0.39 is 0 Å². The molecule has 2 heterocycles. The third kappa shape index (κ3) is 3.25. The highest BCUT2D eigenvalue weighted by Crippen LogP contribution is 2.15. The zero-order chi connectivity index (χ0) is 14.0. The molecule has 1 aliphatic rings. The van der Waals surface area contributed by atoms with Gasteiger partial charge in [-0.1, -0.05) is 15.9 Å². The zero-order valence-electron chi connectivity index (χ0n) is 11.0. The van der Waals surface area contributed by atoms with E-state index in [1.807, 2.05) is 6.92 Å². The average molecular weight is 329 g/mol. The number of morpholine rings is 1. The van der Waals surface area contributed by atoms with Crippen molar-refractivity contribution in [1.29, 1.82) is 0 Å². The van der Waals surface area contributed by atoms with Crippen molar-refractivity contribution in [2.75, 3.05) is 18.4 Å². The van der Waals surface area contributed by atoms with E-state index in [-0.39, 0.29) is 23.7 Å². The van der Waals surface area contributed by atoms with Gasteiger partial charge in [-0.2, -0.15) is 0 Å². The minimum Gasteiger partial charge on any atom is -0.371 e. The van der Waals surface area contributed by atoms with E-state index in [9.17, 15) is 9.59 Å². The molecule has 0 saturated carbocycles. The Morgan fingerprint density at radius 1 is 1.53 bits per heavy atom. The fourth-order valence-corrected chi connectivity index (χ4v) is 2.52. The predicted octanol–water partition coefficient (Wildman–Crippen LogP) is 1.01. The maximum atomic E-state index is 12.4. The average Bonchev–Trinajstić information content (AvgIpc) is 2.40. The first-order valence-electron chi connectivity index (χ1n) is 6.18. The number of aromatic nitrogens is 1. The van der Waals surface area contributed by atoms with Gasteiger partial charge in [0, 0.05) is 43.3 Å². The maximum Gasteiger partial charge on any atom is 0.254 e. The van der Waals surface area contributed by atoms with E-state index in [1.54, 1.807) is 24.2 Å². The molecule has 2 unspecified atom stereocenters. The predicted molar refractivity (Wildman–Crippen MR) is 75.7 cm³/mol. The van der Waals surface area contributed by atoms with Crippen LogP contribution in [0.5, 0.6) is 0 Å². The van der Waals surface area contributed by atoms with E-state index in [1.165, 1.54) is 10.6 Å². The molecule has 0 bridgehead atoms. The molecule has 1 aromatic rings. The molecule has 0 aliphatic carbocycles. The molecule has 0 aromatic carbocycles. The number of aryl methyl sites for hydroxylation is 1. The molecule has 1 fully saturated rings. The van der Waals surface area contributed by atoms with Gasteiger partial charge >= 0.3 is 0 Å². The molecule has 0 N–H and O–H groups in total. The molecule has 19 heavy (non-hydrogen) atoms. The van der Waals surface area contributed by atoms with Gasteiger partial charge in [-0.25, -0.2) is 0 Å². The van der Waals surface area contributed by atoms with Crippen molar-refractivity contribution in [2.45, 2.75) is 19.1 Å². The lowest BCUT2D eigenvalue weighted by Gasteiger charge is -2.36. The standard InChI is InChI=1S/C13H17BrN2O3/c1-9-7-16(8-11(6-14)19-9)13(18)10-3-4-15(2)12(17)5-10/h3-5,9,11H,6-8H2,1-2H3. The summed E-state index contributed by atoms with van der Waals surface area (Å²) in [7, 11) is 1.66. The minimum absolute atomic E-state index is 0.000699. The molecule has 2 rings (SSSR count). The lowest BCUT2D eigenvalue weighted by atomic mass is 10.1. The van der Waals surface area contributed by atoms with Crippen molar-refractivity contribution < 1.29 is 9.53 Å². The molecular weight excluding hydrogens is 312 g/mol. The van der Waals surface area contributed by atoms with Crippen LogP contribution in [0.2, 0.25) is 0 Å². The number of carbonyl (C=O) groups is 1. The number of hydrogen-bond donors (Lipinski definition) is 0. The van der Waals surface area contributed by atoms with Gasteiger partial charge in [0.2, 0.25) is 0 Å². The second-order valence-corrected chi connectivity index (χ2v) is 5.45. The number of amides is 1. The third-order valence-corrected chi connectivity index (χ3v) is 3.86. The summed E-state index contributed by atoms with van der Waals surface area (Å²) in [4.78, 5) is 25.7. The Morgan fingerprint density at radius 2 is 2.26 bits per heavy atom. The lowest BCUT2D eigenvalue weighted by molar-refractivity contribution is -0.0559.